The molecule has 15 atom stereocenters. The van der Waals surface area contributed by atoms with Gasteiger partial charge >= 0.3 is 5.97 Å². The number of carbonyl (C=O) groups is 5. The average Bonchev–Trinajstić information content (AvgIpc) is 3.43. The third-order valence-electron chi connectivity index (χ3n) is 16.6. The highest BCUT2D eigenvalue weighted by molar-refractivity contribution is 6.39. The summed E-state index contributed by atoms with van der Waals surface area (Å²) >= 11 is 0. The largest absolute Gasteiger partial charge is 0.460 e. The fourth-order valence-electron chi connectivity index (χ4n) is 11.5. The predicted molar refractivity (Wildman–Crippen MR) is 290 cm³/mol. The maximum atomic E-state index is 14.7. The molecule has 0 radical (unpaired) electrons. The quantitative estimate of drug-likeness (QED) is 0.0696. The van der Waals surface area contributed by atoms with Gasteiger partial charge in [0.2, 0.25) is 5.79 Å². The fourth-order valence-corrected chi connectivity index (χ4v) is 11.5. The minimum atomic E-state index is -2.47. The van der Waals surface area contributed by atoms with E-state index in [4.69, 9.17) is 44.3 Å². The number of methoxy groups -OCH3 is 3. The predicted octanol–water partition coefficient (Wildman–Crippen LogP) is 6.17. The molecule has 4 aliphatic heterocycles. The van der Waals surface area contributed by atoms with E-state index in [1.54, 1.807) is 54.1 Å². The number of carbonyl (C=O) groups excluding carboxylic acids is 5. The van der Waals surface area contributed by atoms with E-state index in [0.29, 0.717) is 63.7 Å². The van der Waals surface area contributed by atoms with E-state index in [1.165, 1.54) is 12.0 Å². The van der Waals surface area contributed by atoms with Crippen LogP contribution in [0.3, 0.4) is 0 Å². The monoisotopic (exact) mass is 1080 g/mol. The smallest absolute Gasteiger partial charge is 0.329 e. The Labute approximate surface area is 458 Å². The Morgan fingerprint density at radius 2 is 1.60 bits per heavy atom. The summed E-state index contributed by atoms with van der Waals surface area (Å²) in [4.78, 5) is 75.4. The molecule has 77 heavy (non-hydrogen) atoms. The van der Waals surface area contributed by atoms with E-state index in [1.807, 2.05) is 38.2 Å². The Morgan fingerprint density at radius 1 is 0.844 bits per heavy atom. The van der Waals surface area contributed by atoms with Crippen molar-refractivity contribution in [2.75, 3.05) is 80.5 Å². The van der Waals surface area contributed by atoms with Crippen molar-refractivity contribution in [3.05, 3.63) is 47.6 Å². The van der Waals surface area contributed by atoms with E-state index in [2.05, 4.69) is 10.8 Å². The lowest BCUT2D eigenvalue weighted by Gasteiger charge is -2.43. The Hall–Kier alpha value is -3.93. The average molecular weight is 1080 g/mol. The molecule has 0 aromatic rings. The summed E-state index contributed by atoms with van der Waals surface area (Å²) in [5.41, 5.74) is 1.19. The molecule has 17 nitrogen and oxygen atoms in total. The lowest BCUT2D eigenvalue weighted by atomic mass is 9.78. The maximum Gasteiger partial charge on any atom is 0.329 e. The first-order valence-corrected chi connectivity index (χ1v) is 28.3. The molecule has 0 aromatic heterocycles. The zero-order chi connectivity index (χ0) is 56.2. The molecular formula is C60H92N2O15. The maximum absolute atomic E-state index is 14.7. The summed E-state index contributed by atoms with van der Waals surface area (Å²) in [6.07, 6.45) is 17.2. The van der Waals surface area contributed by atoms with E-state index in [-0.39, 0.29) is 68.0 Å². The highest BCUT2D eigenvalue weighted by Gasteiger charge is 2.53. The first-order valence-electron chi connectivity index (χ1n) is 28.3. The number of esters is 1. The van der Waals surface area contributed by atoms with Gasteiger partial charge in [0.1, 0.15) is 30.1 Å². The van der Waals surface area contributed by atoms with E-state index in [9.17, 15) is 34.2 Å². The Kier molecular flexibility index (Phi) is 26.3. The van der Waals surface area contributed by atoms with Crippen molar-refractivity contribution >= 4 is 29.2 Å². The van der Waals surface area contributed by atoms with Crippen LogP contribution in [0, 0.1) is 47.9 Å². The van der Waals surface area contributed by atoms with Gasteiger partial charge in [-0.05, 0) is 101 Å². The van der Waals surface area contributed by atoms with E-state index < -0.39 is 83.7 Å². The van der Waals surface area contributed by atoms with Crippen LogP contribution in [0.2, 0.25) is 0 Å². The Morgan fingerprint density at radius 3 is 2.30 bits per heavy atom. The van der Waals surface area contributed by atoms with Crippen LogP contribution in [-0.2, 0) is 61.9 Å². The van der Waals surface area contributed by atoms with Crippen LogP contribution < -0.4 is 0 Å². The van der Waals surface area contributed by atoms with Crippen molar-refractivity contribution < 1.29 is 72.1 Å². The molecule has 3 saturated heterocycles. The number of nitrogens with zero attached hydrogens (tertiary/aromatic N) is 2. The number of ketones is 3. The topological polar surface area (TPSA) is 206 Å². The number of fused-ring (bicyclic) bond motifs is 3. The normalized spacial score (nSPS) is 37.3. The van der Waals surface area contributed by atoms with Crippen LogP contribution in [-0.4, -0.2) is 184 Å². The van der Waals surface area contributed by atoms with Gasteiger partial charge in [-0.2, -0.15) is 0 Å². The Bertz CT molecular complexity index is 2090. The number of piperidine rings is 1. The number of hydrogen-bond donors (Lipinski definition) is 2. The molecule has 4 heterocycles. The van der Waals surface area contributed by atoms with Crippen molar-refractivity contribution in [3.8, 4) is 12.3 Å². The number of morpholine rings is 1. The van der Waals surface area contributed by atoms with Crippen LogP contribution in [0.25, 0.3) is 0 Å². The minimum absolute atomic E-state index is 0.0756. The second-order valence-corrected chi connectivity index (χ2v) is 22.3. The summed E-state index contributed by atoms with van der Waals surface area (Å²) in [7, 11) is 4.62. The molecule has 1 amide bonds. The summed E-state index contributed by atoms with van der Waals surface area (Å²) in [5, 5.41) is 23.8. The summed E-state index contributed by atoms with van der Waals surface area (Å²) < 4.78 is 47.7. The molecular weight excluding hydrogens is 989 g/mol. The van der Waals surface area contributed by atoms with Gasteiger partial charge in [0.25, 0.3) is 11.7 Å². The molecule has 2 bridgehead atoms. The standard InChI is InChI=1S/C60H92N2O15/c1-11-45-18-14-12-13-17-39(2)51(75-32-31-70-8)37-47-22-20-44(7)60(69,77-47)57(66)58(67)62-24-16-15-19-48(62)59(68)76-52(38-49(63)40(3)33-42(5)54(64)56(72-10)55(65)43(6)35-45)41(4)34-46-21-23-50(53(36-46)71-9)74-30-27-61-25-28-73-29-26-61/h1,12-14,17-18,33,40-41,43-48,50-54,56,64,69H,15-16,19-32,34-38H2,2-10H3/b13-12+,18-14+,39-17+,42-33+/t40-,41-,43-,44-,45-,46+,47+,48?,50-,51?,52+,53-,54-,56-,60-/m1/s1. The molecule has 5 aliphatic rings. The van der Waals surface area contributed by atoms with Gasteiger partial charge in [-0.25, -0.2) is 4.79 Å². The SMILES string of the molecule is C#C[C@@H]1/C=C/C=C/C=C(\C)C(OCCOC)C[C@@H]2CC[C@@H](C)[C@@](O)(O2)C(=O)C(=O)N2CCCCC2C(=O)O[C@H]([C@H](C)C[C@@H]2CC[C@@H](OCCN3CCOCC3)[C@H](OC)C2)CC(=O)[C@H](C)/C=C(\C)[C@@H](O)[C@@H](OC)C(=O)[C@H](C)C1. The number of hydrogen-bond acceptors (Lipinski definition) is 16. The number of terminal acetylenes is 1. The van der Waals surface area contributed by atoms with Gasteiger partial charge < -0.3 is 53.0 Å². The number of aliphatic hydroxyl groups is 2. The lowest BCUT2D eigenvalue weighted by Crippen LogP contribution is -2.61. The third kappa shape index (κ3) is 18.3. The van der Waals surface area contributed by atoms with Crippen molar-refractivity contribution in [3.63, 3.8) is 0 Å². The second-order valence-electron chi connectivity index (χ2n) is 22.3. The molecule has 2 unspecified atom stereocenters. The van der Waals surface area contributed by atoms with E-state index >= 15 is 0 Å². The van der Waals surface area contributed by atoms with Crippen LogP contribution >= 0.6 is 0 Å². The van der Waals surface area contributed by atoms with Gasteiger partial charge in [-0.3, -0.25) is 24.1 Å². The minimum Gasteiger partial charge on any atom is -0.460 e. The summed E-state index contributed by atoms with van der Waals surface area (Å²) in [5.74, 6) is -5.97. The molecule has 4 fully saturated rings. The molecule has 432 valence electrons. The van der Waals surface area contributed by atoms with Crippen LogP contribution in [0.15, 0.2) is 47.6 Å². The van der Waals surface area contributed by atoms with Crippen molar-refractivity contribution in [1.82, 2.24) is 9.80 Å². The molecule has 2 N–H and O–H groups in total. The number of cyclic esters (lactones) is 1. The highest BCUT2D eigenvalue weighted by Crippen LogP contribution is 2.38. The number of allylic oxidation sites excluding steroid dienone is 6. The van der Waals surface area contributed by atoms with Gasteiger partial charge in [-0.1, -0.05) is 70.1 Å². The molecule has 0 spiro atoms. The number of amides is 1. The number of ether oxygens (including phenoxy) is 8. The van der Waals surface area contributed by atoms with Gasteiger partial charge in [0.05, 0.1) is 57.5 Å². The fraction of sp³-hybridized carbons (Fsp3) is 0.750. The van der Waals surface area contributed by atoms with E-state index in [0.717, 1.165) is 51.3 Å². The molecule has 1 aliphatic carbocycles. The van der Waals surface area contributed by atoms with Crippen molar-refractivity contribution in [2.24, 2.45) is 35.5 Å². The summed E-state index contributed by atoms with van der Waals surface area (Å²) in [6, 6.07) is -1.16. The first-order chi connectivity index (χ1) is 36.8. The van der Waals surface area contributed by atoms with Crippen molar-refractivity contribution in [2.45, 2.75) is 173 Å². The lowest BCUT2D eigenvalue weighted by molar-refractivity contribution is -0.266. The second kappa shape index (κ2) is 31.8. The number of aliphatic hydroxyl groups excluding tert-OH is 1. The molecule has 17 heteroatoms. The molecule has 5 rings (SSSR count). The molecule has 0 aromatic carbocycles. The zero-order valence-corrected chi connectivity index (χ0v) is 47.6. The van der Waals surface area contributed by atoms with Gasteiger partial charge in [0, 0.05) is 84.0 Å². The molecule has 1 saturated carbocycles. The number of rotatable bonds is 13. The van der Waals surface area contributed by atoms with Gasteiger partial charge in [-0.15, -0.1) is 6.42 Å². The Balaban J connectivity index is 1.44. The van der Waals surface area contributed by atoms with Crippen molar-refractivity contribution in [1.29, 1.82) is 0 Å². The first kappa shape index (κ1) is 63.9. The van der Waals surface area contributed by atoms with Gasteiger partial charge in [0.15, 0.2) is 5.78 Å². The van der Waals surface area contributed by atoms with Crippen LogP contribution in [0.1, 0.15) is 119 Å². The van der Waals surface area contributed by atoms with Crippen LogP contribution in [0.5, 0.6) is 0 Å². The zero-order valence-electron chi connectivity index (χ0n) is 47.6. The third-order valence-corrected chi connectivity index (χ3v) is 16.6. The van der Waals surface area contributed by atoms with Crippen LogP contribution in [0.4, 0.5) is 0 Å². The number of Topliss-reactive ketones (excluding diaryl/α,β-unsaturated/α-hetero) is 3. The highest BCUT2D eigenvalue weighted by atomic mass is 16.6. The summed E-state index contributed by atoms with van der Waals surface area (Å²) in [6.45, 7) is 15.9.